The van der Waals surface area contributed by atoms with Gasteiger partial charge in [-0.3, -0.25) is 4.79 Å². The third kappa shape index (κ3) is 14.0. The Bertz CT molecular complexity index is 449. The topological polar surface area (TPSA) is 31.2 Å². The molecule has 0 aliphatic heterocycles. The molecule has 0 radical (unpaired) electrons. The number of unbranched alkanes of at least 4 members (excludes halogenated alkanes) is 15. The summed E-state index contributed by atoms with van der Waals surface area (Å²) < 4.78 is 1.62. The highest BCUT2D eigenvalue weighted by molar-refractivity contribution is 4.91. The van der Waals surface area contributed by atoms with Gasteiger partial charge in [0.2, 0.25) is 0 Å². The lowest BCUT2D eigenvalue weighted by molar-refractivity contribution is 0.105. The Balaban J connectivity index is 1.73. The van der Waals surface area contributed by atoms with Gasteiger partial charge in [0.1, 0.15) is 6.61 Å². The first kappa shape index (κ1) is 22.8. The van der Waals surface area contributed by atoms with Crippen molar-refractivity contribution in [1.82, 2.24) is 4.73 Å². The molecule has 150 valence electrons. The van der Waals surface area contributed by atoms with Crippen LogP contribution in [-0.2, 0) is 0 Å². The van der Waals surface area contributed by atoms with E-state index < -0.39 is 0 Å². The van der Waals surface area contributed by atoms with Gasteiger partial charge in [-0.05, 0) is 12.8 Å². The molecule has 0 saturated carbocycles. The van der Waals surface area contributed by atoms with E-state index in [1.807, 2.05) is 0 Å². The average Bonchev–Trinajstić information content (AvgIpc) is 2.66. The van der Waals surface area contributed by atoms with Crippen LogP contribution in [0, 0.1) is 0 Å². The van der Waals surface area contributed by atoms with Crippen LogP contribution in [0.3, 0.4) is 0 Å². The lowest BCUT2D eigenvalue weighted by Gasteiger charge is -2.08. The highest BCUT2D eigenvalue weighted by Crippen LogP contribution is 2.13. The Morgan fingerprint density at radius 1 is 0.654 bits per heavy atom. The van der Waals surface area contributed by atoms with Crippen molar-refractivity contribution in [3.8, 4) is 0 Å². The summed E-state index contributed by atoms with van der Waals surface area (Å²) >= 11 is 0. The molecule has 0 spiro atoms. The molecule has 0 N–H and O–H groups in total. The molecule has 1 aromatic rings. The molecule has 0 aliphatic carbocycles. The second kappa shape index (κ2) is 17.2. The fourth-order valence-corrected chi connectivity index (χ4v) is 3.31. The van der Waals surface area contributed by atoms with E-state index in [0.29, 0.717) is 0 Å². The first-order chi connectivity index (χ1) is 12.8. The van der Waals surface area contributed by atoms with Crippen LogP contribution in [0.2, 0.25) is 0 Å². The predicted octanol–water partition coefficient (Wildman–Crippen LogP) is 6.54. The van der Waals surface area contributed by atoms with Crippen molar-refractivity contribution in [3.05, 3.63) is 34.7 Å². The van der Waals surface area contributed by atoms with Gasteiger partial charge in [0, 0.05) is 24.5 Å². The zero-order valence-corrected chi connectivity index (χ0v) is 17.1. The Kier molecular flexibility index (Phi) is 15.1. The van der Waals surface area contributed by atoms with Crippen LogP contribution in [0.5, 0.6) is 0 Å². The van der Waals surface area contributed by atoms with Crippen molar-refractivity contribution in [2.45, 2.75) is 110 Å². The average molecular weight is 364 g/mol. The highest BCUT2D eigenvalue weighted by atomic mass is 16.7. The molecule has 3 heteroatoms. The van der Waals surface area contributed by atoms with E-state index in [1.165, 1.54) is 108 Å². The second-order valence-electron chi connectivity index (χ2n) is 7.53. The van der Waals surface area contributed by atoms with Gasteiger partial charge < -0.3 is 4.84 Å². The maximum Gasteiger partial charge on any atom is 0.181 e. The zero-order valence-electron chi connectivity index (χ0n) is 17.1. The third-order valence-corrected chi connectivity index (χ3v) is 5.01. The molecule has 0 fully saturated rings. The number of aromatic nitrogens is 1. The summed E-state index contributed by atoms with van der Waals surface area (Å²) in [4.78, 5) is 16.5. The van der Waals surface area contributed by atoms with Gasteiger partial charge in [-0.1, -0.05) is 96.8 Å². The molecule has 26 heavy (non-hydrogen) atoms. The monoisotopic (exact) mass is 363 g/mol. The maximum atomic E-state index is 11.0. The summed E-state index contributed by atoms with van der Waals surface area (Å²) in [6, 6.07) is 3.04. The summed E-state index contributed by atoms with van der Waals surface area (Å²) in [7, 11) is 0. The van der Waals surface area contributed by atoms with Crippen LogP contribution in [-0.4, -0.2) is 11.3 Å². The van der Waals surface area contributed by atoms with Gasteiger partial charge in [-0.15, -0.1) is 0 Å². The van der Waals surface area contributed by atoms with Gasteiger partial charge in [0.15, 0.2) is 5.43 Å². The molecule has 1 rings (SSSR count). The van der Waals surface area contributed by atoms with Crippen molar-refractivity contribution in [3.63, 3.8) is 0 Å². The van der Waals surface area contributed by atoms with Crippen LogP contribution < -0.4 is 10.3 Å². The number of hydrogen-bond donors (Lipinski definition) is 0. The molecule has 0 atom stereocenters. The Labute approximate surface area is 161 Å². The first-order valence-corrected chi connectivity index (χ1v) is 11.1. The van der Waals surface area contributed by atoms with Crippen LogP contribution in [0.15, 0.2) is 29.3 Å². The minimum absolute atomic E-state index is 0.0206. The van der Waals surface area contributed by atoms with Crippen molar-refractivity contribution in [2.24, 2.45) is 0 Å². The van der Waals surface area contributed by atoms with Crippen LogP contribution in [0.1, 0.15) is 110 Å². The lowest BCUT2D eigenvalue weighted by atomic mass is 10.0. The van der Waals surface area contributed by atoms with Crippen molar-refractivity contribution in [1.29, 1.82) is 0 Å². The summed E-state index contributed by atoms with van der Waals surface area (Å²) in [5.41, 5.74) is 0.0206. The third-order valence-electron chi connectivity index (χ3n) is 5.01. The Morgan fingerprint density at radius 3 is 1.46 bits per heavy atom. The molecule has 0 aromatic carbocycles. The standard InChI is InChI=1S/C23H41NO2/c1-2-3-4-5-6-7-8-9-10-11-12-13-14-15-16-17-22-26-24-20-18-23(25)19-21-24/h18-21H,2-17,22H2,1H3. The van der Waals surface area contributed by atoms with Crippen molar-refractivity contribution < 1.29 is 4.84 Å². The zero-order chi connectivity index (χ0) is 18.7. The van der Waals surface area contributed by atoms with Gasteiger partial charge in [0.05, 0.1) is 0 Å². The Morgan fingerprint density at radius 2 is 1.04 bits per heavy atom. The first-order valence-electron chi connectivity index (χ1n) is 11.1. The van der Waals surface area contributed by atoms with E-state index in [4.69, 9.17) is 4.84 Å². The van der Waals surface area contributed by atoms with E-state index >= 15 is 0 Å². The van der Waals surface area contributed by atoms with Crippen LogP contribution in [0.4, 0.5) is 0 Å². The number of hydrogen-bond acceptors (Lipinski definition) is 2. The molecule has 0 amide bonds. The predicted molar refractivity (Wildman–Crippen MR) is 112 cm³/mol. The fourth-order valence-electron chi connectivity index (χ4n) is 3.31. The van der Waals surface area contributed by atoms with Crippen LogP contribution in [0.25, 0.3) is 0 Å². The number of rotatable bonds is 18. The van der Waals surface area contributed by atoms with Crippen LogP contribution >= 0.6 is 0 Å². The molecular formula is C23H41NO2. The minimum Gasteiger partial charge on any atom is -0.414 e. The molecule has 1 heterocycles. The smallest absolute Gasteiger partial charge is 0.181 e. The van der Waals surface area contributed by atoms with Gasteiger partial charge >= 0.3 is 0 Å². The molecule has 1 aromatic heterocycles. The number of nitrogens with zero attached hydrogens (tertiary/aromatic N) is 1. The van der Waals surface area contributed by atoms with E-state index in [-0.39, 0.29) is 5.43 Å². The van der Waals surface area contributed by atoms with Crippen molar-refractivity contribution in [2.75, 3.05) is 6.61 Å². The molecule has 0 unspecified atom stereocenters. The SMILES string of the molecule is CCCCCCCCCCCCCCCCCCOn1ccc(=O)cc1. The molecule has 0 bridgehead atoms. The van der Waals surface area contributed by atoms with Crippen molar-refractivity contribution >= 4 is 0 Å². The minimum atomic E-state index is 0.0206. The molecule has 0 aliphatic rings. The van der Waals surface area contributed by atoms with Gasteiger partial charge in [-0.2, -0.15) is 4.73 Å². The summed E-state index contributed by atoms with van der Waals surface area (Å²) in [5, 5.41) is 0. The van der Waals surface area contributed by atoms with E-state index in [2.05, 4.69) is 6.92 Å². The quantitative estimate of drug-likeness (QED) is 0.277. The second-order valence-corrected chi connectivity index (χ2v) is 7.53. The summed E-state index contributed by atoms with van der Waals surface area (Å²) in [6.45, 7) is 3.01. The van der Waals surface area contributed by atoms with E-state index in [0.717, 1.165) is 13.0 Å². The summed E-state index contributed by atoms with van der Waals surface area (Å²) in [5.74, 6) is 0. The van der Waals surface area contributed by atoms with Gasteiger partial charge in [-0.25, -0.2) is 0 Å². The van der Waals surface area contributed by atoms with E-state index in [1.54, 1.807) is 17.1 Å². The fraction of sp³-hybridized carbons (Fsp3) is 0.783. The summed E-state index contributed by atoms with van der Waals surface area (Å²) in [6.07, 6.45) is 25.4. The van der Waals surface area contributed by atoms with Gasteiger partial charge in [0.25, 0.3) is 0 Å². The van der Waals surface area contributed by atoms with E-state index in [9.17, 15) is 4.79 Å². The molecule has 0 saturated heterocycles. The normalized spacial score (nSPS) is 11.0. The molecular weight excluding hydrogens is 322 g/mol. The molecule has 3 nitrogen and oxygen atoms in total. The largest absolute Gasteiger partial charge is 0.414 e. The number of pyridine rings is 1. The lowest BCUT2D eigenvalue weighted by Crippen LogP contribution is -2.14. The maximum absolute atomic E-state index is 11.0. The Hall–Kier alpha value is -1.25. The highest BCUT2D eigenvalue weighted by Gasteiger charge is 1.95.